The van der Waals surface area contributed by atoms with Crippen LogP contribution in [0.15, 0.2) is 4.99 Å². The molecule has 0 amide bonds. The summed E-state index contributed by atoms with van der Waals surface area (Å²) in [4.78, 5) is 6.79. The molecule has 2 aliphatic rings. The van der Waals surface area contributed by atoms with Crippen LogP contribution < -0.4 is 10.6 Å². The van der Waals surface area contributed by atoms with Gasteiger partial charge in [-0.2, -0.15) is 0 Å². The second-order valence-electron chi connectivity index (χ2n) is 6.76. The highest BCUT2D eigenvalue weighted by Gasteiger charge is 2.33. The summed E-state index contributed by atoms with van der Waals surface area (Å²) in [6, 6.07) is 0. The van der Waals surface area contributed by atoms with Gasteiger partial charge in [-0.3, -0.25) is 9.89 Å². The molecule has 0 radical (unpaired) electrons. The topological polar surface area (TPSA) is 58.1 Å². The van der Waals surface area contributed by atoms with Gasteiger partial charge in [0.05, 0.1) is 13.2 Å². The molecule has 0 unspecified atom stereocenters. The standard InChI is InChI=1S/C17H34N4O2/c1-18-16(19-8-9-21-10-13-23-14-11-21)20-15-17(7-12-22-2)5-3-4-6-17/h3-15H2,1-2H3,(H2,18,19,20). The number of methoxy groups -OCH3 is 1. The molecular weight excluding hydrogens is 292 g/mol. The summed E-state index contributed by atoms with van der Waals surface area (Å²) in [5.74, 6) is 0.918. The molecule has 0 aromatic rings. The fraction of sp³-hybridized carbons (Fsp3) is 0.941. The summed E-state index contributed by atoms with van der Waals surface area (Å²) in [5.41, 5.74) is 0.387. The minimum Gasteiger partial charge on any atom is -0.385 e. The summed E-state index contributed by atoms with van der Waals surface area (Å²) >= 11 is 0. The Kier molecular flexibility index (Phi) is 8.12. The van der Waals surface area contributed by atoms with E-state index in [1.54, 1.807) is 7.11 Å². The Morgan fingerprint density at radius 1 is 1.22 bits per heavy atom. The number of rotatable bonds is 8. The summed E-state index contributed by atoms with van der Waals surface area (Å²) in [6.07, 6.45) is 6.42. The number of nitrogens with zero attached hydrogens (tertiary/aromatic N) is 2. The van der Waals surface area contributed by atoms with Crippen molar-refractivity contribution < 1.29 is 9.47 Å². The van der Waals surface area contributed by atoms with Crippen LogP contribution in [0.1, 0.15) is 32.1 Å². The molecule has 0 aromatic carbocycles. The second kappa shape index (κ2) is 10.1. The maximum absolute atomic E-state index is 5.38. The number of hydrogen-bond acceptors (Lipinski definition) is 4. The first kappa shape index (κ1) is 18.5. The molecule has 134 valence electrons. The van der Waals surface area contributed by atoms with Gasteiger partial charge >= 0.3 is 0 Å². The van der Waals surface area contributed by atoms with E-state index < -0.39 is 0 Å². The van der Waals surface area contributed by atoms with Gasteiger partial charge in [-0.05, 0) is 24.7 Å². The van der Waals surface area contributed by atoms with Crippen molar-refractivity contribution in [2.24, 2.45) is 10.4 Å². The molecule has 6 heteroatoms. The molecule has 0 bridgehead atoms. The van der Waals surface area contributed by atoms with Gasteiger partial charge in [0.15, 0.2) is 5.96 Å². The lowest BCUT2D eigenvalue weighted by atomic mass is 9.83. The van der Waals surface area contributed by atoms with Crippen LogP contribution in [-0.2, 0) is 9.47 Å². The third-order valence-corrected chi connectivity index (χ3v) is 5.18. The van der Waals surface area contributed by atoms with Crippen molar-refractivity contribution in [2.75, 3.05) is 66.7 Å². The zero-order valence-corrected chi connectivity index (χ0v) is 14.9. The zero-order valence-electron chi connectivity index (χ0n) is 14.9. The van der Waals surface area contributed by atoms with E-state index in [9.17, 15) is 0 Å². The molecular formula is C17H34N4O2. The number of guanidine groups is 1. The molecule has 1 saturated heterocycles. The molecule has 0 atom stereocenters. The second-order valence-corrected chi connectivity index (χ2v) is 6.76. The lowest BCUT2D eigenvalue weighted by Crippen LogP contribution is -2.46. The van der Waals surface area contributed by atoms with Crippen molar-refractivity contribution in [2.45, 2.75) is 32.1 Å². The Morgan fingerprint density at radius 3 is 2.61 bits per heavy atom. The molecule has 1 aliphatic heterocycles. The number of ether oxygens (including phenoxy) is 2. The number of hydrogen-bond donors (Lipinski definition) is 2. The van der Waals surface area contributed by atoms with Gasteiger partial charge in [-0.25, -0.2) is 0 Å². The summed E-state index contributed by atoms with van der Waals surface area (Å²) < 4.78 is 10.7. The average Bonchev–Trinajstić information content (AvgIpc) is 3.06. The highest BCUT2D eigenvalue weighted by Crippen LogP contribution is 2.40. The van der Waals surface area contributed by atoms with Crippen molar-refractivity contribution in [3.63, 3.8) is 0 Å². The number of nitrogens with one attached hydrogen (secondary N) is 2. The fourth-order valence-corrected chi connectivity index (χ4v) is 3.61. The molecule has 0 aromatic heterocycles. The van der Waals surface area contributed by atoms with Gasteiger partial charge in [-0.15, -0.1) is 0 Å². The molecule has 6 nitrogen and oxygen atoms in total. The van der Waals surface area contributed by atoms with E-state index in [1.165, 1.54) is 25.7 Å². The highest BCUT2D eigenvalue weighted by atomic mass is 16.5. The van der Waals surface area contributed by atoms with Crippen LogP contribution in [0.4, 0.5) is 0 Å². The van der Waals surface area contributed by atoms with Crippen LogP contribution in [0.5, 0.6) is 0 Å². The first-order valence-electron chi connectivity index (χ1n) is 9.02. The lowest BCUT2D eigenvalue weighted by Gasteiger charge is -2.30. The largest absolute Gasteiger partial charge is 0.385 e. The highest BCUT2D eigenvalue weighted by molar-refractivity contribution is 5.79. The molecule has 23 heavy (non-hydrogen) atoms. The van der Waals surface area contributed by atoms with E-state index in [1.807, 2.05) is 7.05 Å². The summed E-state index contributed by atoms with van der Waals surface area (Å²) in [6.45, 7) is 7.59. The third kappa shape index (κ3) is 6.28. The van der Waals surface area contributed by atoms with Crippen LogP contribution in [0.25, 0.3) is 0 Å². The van der Waals surface area contributed by atoms with Crippen molar-refractivity contribution in [1.82, 2.24) is 15.5 Å². The average molecular weight is 326 g/mol. The fourth-order valence-electron chi connectivity index (χ4n) is 3.61. The van der Waals surface area contributed by atoms with Gasteiger partial charge in [0, 0.05) is 53.5 Å². The van der Waals surface area contributed by atoms with Crippen LogP contribution in [-0.4, -0.2) is 77.6 Å². The summed E-state index contributed by atoms with van der Waals surface area (Å²) in [7, 11) is 3.64. The Balaban J connectivity index is 1.68. The lowest BCUT2D eigenvalue weighted by molar-refractivity contribution is 0.0389. The molecule has 2 rings (SSSR count). The maximum Gasteiger partial charge on any atom is 0.191 e. The van der Waals surface area contributed by atoms with Crippen LogP contribution in [0.2, 0.25) is 0 Å². The first-order valence-corrected chi connectivity index (χ1v) is 9.02. The van der Waals surface area contributed by atoms with Gasteiger partial charge in [0.2, 0.25) is 0 Å². The van der Waals surface area contributed by atoms with E-state index in [4.69, 9.17) is 9.47 Å². The van der Waals surface area contributed by atoms with Crippen LogP contribution >= 0.6 is 0 Å². The van der Waals surface area contributed by atoms with Gasteiger partial charge in [-0.1, -0.05) is 12.8 Å². The molecule has 1 saturated carbocycles. The zero-order chi connectivity index (χ0) is 16.4. The van der Waals surface area contributed by atoms with Crippen LogP contribution in [0.3, 0.4) is 0 Å². The molecule has 2 N–H and O–H groups in total. The van der Waals surface area contributed by atoms with Crippen molar-refractivity contribution >= 4 is 5.96 Å². The minimum absolute atomic E-state index is 0.387. The van der Waals surface area contributed by atoms with Gasteiger partial charge in [0.1, 0.15) is 0 Å². The quantitative estimate of drug-likeness (QED) is 0.516. The smallest absolute Gasteiger partial charge is 0.191 e. The number of morpholine rings is 1. The number of aliphatic imine (C=N–C) groups is 1. The normalized spacial score (nSPS) is 22.3. The first-order chi connectivity index (χ1) is 11.3. The Labute approximate surface area is 141 Å². The van der Waals surface area contributed by atoms with Crippen molar-refractivity contribution in [1.29, 1.82) is 0 Å². The predicted molar refractivity (Wildman–Crippen MR) is 94.0 cm³/mol. The van der Waals surface area contributed by atoms with E-state index in [-0.39, 0.29) is 0 Å². The Bertz CT molecular complexity index is 351. The maximum atomic E-state index is 5.38. The van der Waals surface area contributed by atoms with Crippen LogP contribution in [0, 0.1) is 5.41 Å². The van der Waals surface area contributed by atoms with Crippen molar-refractivity contribution in [3.05, 3.63) is 0 Å². The van der Waals surface area contributed by atoms with Gasteiger partial charge in [0.25, 0.3) is 0 Å². The van der Waals surface area contributed by atoms with Crippen molar-refractivity contribution in [3.8, 4) is 0 Å². The predicted octanol–water partition coefficient (Wildman–Crippen LogP) is 1.08. The monoisotopic (exact) mass is 326 g/mol. The molecule has 1 aliphatic carbocycles. The third-order valence-electron chi connectivity index (χ3n) is 5.18. The molecule has 1 heterocycles. The SMILES string of the molecule is CN=C(NCCN1CCOCC1)NCC1(CCOC)CCCC1. The molecule has 0 spiro atoms. The molecule has 2 fully saturated rings. The van der Waals surface area contributed by atoms with E-state index in [0.29, 0.717) is 5.41 Å². The van der Waals surface area contributed by atoms with Gasteiger partial charge < -0.3 is 20.1 Å². The minimum atomic E-state index is 0.387. The Hall–Kier alpha value is -0.850. The van der Waals surface area contributed by atoms with E-state index >= 15 is 0 Å². The van der Waals surface area contributed by atoms with E-state index in [2.05, 4.69) is 20.5 Å². The Morgan fingerprint density at radius 2 is 1.96 bits per heavy atom. The van der Waals surface area contributed by atoms with E-state index in [0.717, 1.165) is 64.9 Å². The summed E-state index contributed by atoms with van der Waals surface area (Å²) in [5, 5.41) is 6.98.